The van der Waals surface area contributed by atoms with Crippen molar-refractivity contribution < 1.29 is 14.6 Å². The summed E-state index contributed by atoms with van der Waals surface area (Å²) in [6.45, 7) is 1.71. The van der Waals surface area contributed by atoms with E-state index in [1.54, 1.807) is 31.2 Å². The molecule has 2 rings (SSSR count). The van der Waals surface area contributed by atoms with E-state index in [1.807, 2.05) is 0 Å². The lowest BCUT2D eigenvalue weighted by Crippen LogP contribution is -2.04. The Hall–Kier alpha value is -1.91. The van der Waals surface area contributed by atoms with E-state index < -0.39 is 5.97 Å². The Morgan fingerprint density at radius 2 is 1.95 bits per heavy atom. The molecule has 2 aromatic carbocycles. The lowest BCUT2D eigenvalue weighted by molar-refractivity contribution is 0.0697. The van der Waals surface area contributed by atoms with Gasteiger partial charge in [0.2, 0.25) is 0 Å². The van der Waals surface area contributed by atoms with Gasteiger partial charge in [0.05, 0.1) is 10.6 Å². The molecule has 0 aliphatic heterocycles. The second-order valence-corrected chi connectivity index (χ2v) is 5.03. The van der Waals surface area contributed by atoms with Crippen LogP contribution in [0, 0.1) is 6.92 Å². The van der Waals surface area contributed by atoms with E-state index in [1.165, 1.54) is 6.07 Å². The van der Waals surface area contributed by atoms with Gasteiger partial charge in [-0.1, -0.05) is 23.2 Å². The minimum absolute atomic E-state index is 0.00918. The maximum Gasteiger partial charge on any atom is 0.337 e. The van der Waals surface area contributed by atoms with Crippen molar-refractivity contribution in [2.75, 3.05) is 5.73 Å². The molecule has 104 valence electrons. The maximum atomic E-state index is 11.1. The van der Waals surface area contributed by atoms with E-state index in [9.17, 15) is 4.79 Å². The molecule has 0 aliphatic carbocycles. The van der Waals surface area contributed by atoms with E-state index in [2.05, 4.69) is 0 Å². The zero-order valence-electron chi connectivity index (χ0n) is 10.5. The van der Waals surface area contributed by atoms with Crippen LogP contribution in [-0.2, 0) is 0 Å². The molecule has 0 saturated carbocycles. The molecule has 0 aromatic heterocycles. The molecule has 0 radical (unpaired) electrons. The number of rotatable bonds is 3. The molecule has 0 atom stereocenters. The van der Waals surface area contributed by atoms with Crippen molar-refractivity contribution in [3.05, 3.63) is 51.5 Å². The summed E-state index contributed by atoms with van der Waals surface area (Å²) in [4.78, 5) is 11.1. The molecule has 0 saturated heterocycles. The van der Waals surface area contributed by atoms with Crippen molar-refractivity contribution in [3.63, 3.8) is 0 Å². The van der Waals surface area contributed by atoms with Gasteiger partial charge in [0.15, 0.2) is 0 Å². The van der Waals surface area contributed by atoms with Crippen LogP contribution in [0.5, 0.6) is 11.5 Å². The Morgan fingerprint density at radius 3 is 2.55 bits per heavy atom. The number of benzene rings is 2. The van der Waals surface area contributed by atoms with Gasteiger partial charge in [-0.15, -0.1) is 0 Å². The highest BCUT2D eigenvalue weighted by Crippen LogP contribution is 2.33. The molecule has 0 fully saturated rings. The number of hydrogen-bond acceptors (Lipinski definition) is 3. The quantitative estimate of drug-likeness (QED) is 0.825. The number of aryl methyl sites for hydroxylation is 1. The topological polar surface area (TPSA) is 72.5 Å². The Kier molecular flexibility index (Phi) is 4.06. The van der Waals surface area contributed by atoms with E-state index in [0.717, 1.165) is 0 Å². The van der Waals surface area contributed by atoms with Gasteiger partial charge in [-0.05, 0) is 42.8 Å². The van der Waals surface area contributed by atoms with E-state index in [4.69, 9.17) is 38.8 Å². The SMILES string of the molecule is Cc1cc(Oc2ccc(Cl)cc2Cl)cc(C(=O)O)c1N. The highest BCUT2D eigenvalue weighted by atomic mass is 35.5. The molecule has 0 heterocycles. The Bertz CT molecular complexity index is 686. The lowest BCUT2D eigenvalue weighted by Gasteiger charge is -2.11. The summed E-state index contributed by atoms with van der Waals surface area (Å²) in [5, 5.41) is 9.92. The first kappa shape index (κ1) is 14.5. The minimum atomic E-state index is -1.11. The van der Waals surface area contributed by atoms with Crippen LogP contribution in [0.3, 0.4) is 0 Å². The molecule has 0 aliphatic rings. The molecule has 20 heavy (non-hydrogen) atoms. The average molecular weight is 312 g/mol. The number of anilines is 1. The van der Waals surface area contributed by atoms with Crippen molar-refractivity contribution >= 4 is 34.9 Å². The van der Waals surface area contributed by atoms with Crippen molar-refractivity contribution in [1.29, 1.82) is 0 Å². The smallest absolute Gasteiger partial charge is 0.337 e. The molecule has 0 bridgehead atoms. The molecule has 4 nitrogen and oxygen atoms in total. The Labute approximate surface area is 125 Å². The second kappa shape index (κ2) is 5.61. The van der Waals surface area contributed by atoms with Gasteiger partial charge >= 0.3 is 5.97 Å². The fraction of sp³-hybridized carbons (Fsp3) is 0.0714. The van der Waals surface area contributed by atoms with Crippen LogP contribution >= 0.6 is 23.2 Å². The normalized spacial score (nSPS) is 10.3. The van der Waals surface area contributed by atoms with Gasteiger partial charge in [0.1, 0.15) is 11.5 Å². The zero-order chi connectivity index (χ0) is 14.9. The number of carboxylic acid groups (broad SMARTS) is 1. The average Bonchev–Trinajstić information content (AvgIpc) is 2.36. The van der Waals surface area contributed by atoms with Gasteiger partial charge in [0.25, 0.3) is 0 Å². The van der Waals surface area contributed by atoms with Crippen LogP contribution in [0.4, 0.5) is 5.69 Å². The third-order valence-corrected chi connectivity index (χ3v) is 3.24. The third kappa shape index (κ3) is 2.98. The number of carboxylic acids is 1. The largest absolute Gasteiger partial charge is 0.478 e. The Morgan fingerprint density at radius 1 is 1.25 bits per heavy atom. The minimum Gasteiger partial charge on any atom is -0.478 e. The maximum absolute atomic E-state index is 11.1. The number of aromatic carboxylic acids is 1. The summed E-state index contributed by atoms with van der Waals surface area (Å²) < 4.78 is 5.58. The van der Waals surface area contributed by atoms with Gasteiger partial charge in [-0.2, -0.15) is 0 Å². The summed E-state index contributed by atoms with van der Waals surface area (Å²) >= 11 is 11.8. The summed E-state index contributed by atoms with van der Waals surface area (Å²) in [6, 6.07) is 7.78. The first-order valence-corrected chi connectivity index (χ1v) is 6.40. The molecule has 0 spiro atoms. The van der Waals surface area contributed by atoms with Gasteiger partial charge in [0, 0.05) is 10.7 Å². The zero-order valence-corrected chi connectivity index (χ0v) is 12.0. The fourth-order valence-corrected chi connectivity index (χ4v) is 2.13. The summed E-state index contributed by atoms with van der Waals surface area (Å²) in [7, 11) is 0. The molecule has 0 amide bonds. The van der Waals surface area contributed by atoms with Crippen LogP contribution in [-0.4, -0.2) is 11.1 Å². The van der Waals surface area contributed by atoms with Crippen LogP contribution in [0.25, 0.3) is 0 Å². The lowest BCUT2D eigenvalue weighted by atomic mass is 10.1. The van der Waals surface area contributed by atoms with Crippen molar-refractivity contribution in [2.45, 2.75) is 6.92 Å². The Balaban J connectivity index is 2.41. The number of hydrogen-bond donors (Lipinski definition) is 2. The van der Waals surface area contributed by atoms with Crippen LogP contribution < -0.4 is 10.5 Å². The summed E-state index contributed by atoms with van der Waals surface area (Å²) in [5.74, 6) is -0.381. The third-order valence-electron chi connectivity index (χ3n) is 2.71. The fourth-order valence-electron chi connectivity index (χ4n) is 1.69. The van der Waals surface area contributed by atoms with Crippen molar-refractivity contribution in [1.82, 2.24) is 0 Å². The monoisotopic (exact) mass is 311 g/mol. The number of halogens is 2. The number of ether oxygens (including phenoxy) is 1. The highest BCUT2D eigenvalue weighted by Gasteiger charge is 2.13. The second-order valence-electron chi connectivity index (χ2n) is 4.18. The summed E-state index contributed by atoms with van der Waals surface area (Å²) in [5.41, 5.74) is 6.54. The van der Waals surface area contributed by atoms with Crippen molar-refractivity contribution in [2.24, 2.45) is 0 Å². The van der Waals surface area contributed by atoms with Gasteiger partial charge < -0.3 is 15.6 Å². The van der Waals surface area contributed by atoms with E-state index in [0.29, 0.717) is 27.1 Å². The number of carbonyl (C=O) groups is 1. The van der Waals surface area contributed by atoms with E-state index in [-0.39, 0.29) is 11.3 Å². The van der Waals surface area contributed by atoms with Crippen LogP contribution in [0.2, 0.25) is 10.0 Å². The van der Waals surface area contributed by atoms with Crippen LogP contribution in [0.15, 0.2) is 30.3 Å². The number of nitrogen functional groups attached to an aromatic ring is 1. The standard InChI is InChI=1S/C14H11Cl2NO3/c1-7-4-9(6-10(13(7)17)14(18)19)20-12-3-2-8(15)5-11(12)16/h2-6H,17H2,1H3,(H,18,19). The predicted molar refractivity (Wildman–Crippen MR) is 79.1 cm³/mol. The molecular formula is C14H11Cl2NO3. The highest BCUT2D eigenvalue weighted by molar-refractivity contribution is 6.35. The molecule has 0 unspecified atom stereocenters. The van der Waals surface area contributed by atoms with Crippen molar-refractivity contribution in [3.8, 4) is 11.5 Å². The van der Waals surface area contributed by atoms with Gasteiger partial charge in [-0.25, -0.2) is 4.79 Å². The molecule has 6 heteroatoms. The predicted octanol–water partition coefficient (Wildman–Crippen LogP) is 4.37. The summed E-state index contributed by atoms with van der Waals surface area (Å²) in [6.07, 6.45) is 0. The van der Waals surface area contributed by atoms with E-state index >= 15 is 0 Å². The molecule has 3 N–H and O–H groups in total. The first-order chi connectivity index (χ1) is 9.38. The number of nitrogens with two attached hydrogens (primary N) is 1. The molecule has 2 aromatic rings. The van der Waals surface area contributed by atoms with Crippen LogP contribution in [0.1, 0.15) is 15.9 Å². The van der Waals surface area contributed by atoms with Gasteiger partial charge in [-0.3, -0.25) is 0 Å². The first-order valence-electron chi connectivity index (χ1n) is 5.65. The molecular weight excluding hydrogens is 301 g/mol.